The van der Waals surface area contributed by atoms with Gasteiger partial charge in [-0.15, -0.1) is 0 Å². The van der Waals surface area contributed by atoms with Gasteiger partial charge in [0.15, 0.2) is 0 Å². The number of methoxy groups -OCH3 is 1. The Balaban J connectivity index is 1.72. The van der Waals surface area contributed by atoms with Crippen molar-refractivity contribution in [2.45, 2.75) is 51.9 Å². The number of hydrogen-bond donors (Lipinski definition) is 0. The van der Waals surface area contributed by atoms with E-state index in [0.29, 0.717) is 5.41 Å². The van der Waals surface area contributed by atoms with E-state index in [4.69, 9.17) is 4.74 Å². The number of nitrogens with zero attached hydrogens (tertiary/aromatic N) is 2. The van der Waals surface area contributed by atoms with Crippen molar-refractivity contribution in [3.05, 3.63) is 23.8 Å². The molecule has 1 aromatic rings. The van der Waals surface area contributed by atoms with E-state index in [2.05, 4.69) is 55.8 Å². The van der Waals surface area contributed by atoms with Gasteiger partial charge in [0.1, 0.15) is 5.75 Å². The Hall–Kier alpha value is -1.22. The molecule has 2 saturated heterocycles. The SMILES string of the molecule is COc1cc(C(C)(C)C)ccc1N1CCC2(CCN(C)CC2)CC1. The van der Waals surface area contributed by atoms with Gasteiger partial charge < -0.3 is 14.5 Å². The predicted octanol–water partition coefficient (Wildman–Crippen LogP) is 4.30. The third kappa shape index (κ3) is 3.56. The van der Waals surface area contributed by atoms with Crippen molar-refractivity contribution < 1.29 is 4.74 Å². The first kappa shape index (κ1) is 17.6. The van der Waals surface area contributed by atoms with Crippen LogP contribution in [0.2, 0.25) is 0 Å². The van der Waals surface area contributed by atoms with Gasteiger partial charge in [-0.1, -0.05) is 26.8 Å². The first-order chi connectivity index (χ1) is 11.3. The molecule has 0 aromatic heterocycles. The topological polar surface area (TPSA) is 15.7 Å². The number of ether oxygens (including phenoxy) is 1. The van der Waals surface area contributed by atoms with Crippen LogP contribution in [-0.4, -0.2) is 45.2 Å². The summed E-state index contributed by atoms with van der Waals surface area (Å²) in [5, 5.41) is 0. The molecule has 1 spiro atoms. The van der Waals surface area contributed by atoms with E-state index in [1.807, 2.05) is 0 Å². The summed E-state index contributed by atoms with van der Waals surface area (Å²) >= 11 is 0. The molecule has 0 unspecified atom stereocenters. The zero-order valence-corrected chi connectivity index (χ0v) is 16.2. The summed E-state index contributed by atoms with van der Waals surface area (Å²) in [5.74, 6) is 1.03. The zero-order chi connectivity index (χ0) is 17.4. The van der Waals surface area contributed by atoms with Crippen LogP contribution in [0.1, 0.15) is 52.0 Å². The molecule has 0 atom stereocenters. The fraction of sp³-hybridized carbons (Fsp3) is 0.714. The first-order valence-electron chi connectivity index (χ1n) is 9.45. The third-order valence-corrected chi connectivity index (χ3v) is 6.26. The van der Waals surface area contributed by atoms with Crippen molar-refractivity contribution in [2.24, 2.45) is 5.41 Å². The molecule has 3 nitrogen and oxygen atoms in total. The molecule has 0 aliphatic carbocycles. The summed E-state index contributed by atoms with van der Waals surface area (Å²) in [4.78, 5) is 5.01. The van der Waals surface area contributed by atoms with Gasteiger partial charge in [0.25, 0.3) is 0 Å². The predicted molar refractivity (Wildman–Crippen MR) is 102 cm³/mol. The van der Waals surface area contributed by atoms with Crippen LogP contribution in [0.25, 0.3) is 0 Å². The van der Waals surface area contributed by atoms with Crippen molar-refractivity contribution in [3.8, 4) is 5.75 Å². The summed E-state index contributed by atoms with van der Waals surface area (Å²) in [6.07, 6.45) is 5.39. The second kappa shape index (κ2) is 6.59. The molecular formula is C21H34N2O. The van der Waals surface area contributed by atoms with E-state index in [9.17, 15) is 0 Å². The van der Waals surface area contributed by atoms with Crippen molar-refractivity contribution in [3.63, 3.8) is 0 Å². The van der Waals surface area contributed by atoms with Gasteiger partial charge in [-0.3, -0.25) is 0 Å². The van der Waals surface area contributed by atoms with Crippen LogP contribution in [0.5, 0.6) is 5.75 Å². The fourth-order valence-corrected chi connectivity index (χ4v) is 4.22. The number of likely N-dealkylation sites (tertiary alicyclic amines) is 1. The van der Waals surface area contributed by atoms with Gasteiger partial charge in [0.05, 0.1) is 12.8 Å². The normalized spacial score (nSPS) is 22.0. The average molecular weight is 331 g/mol. The van der Waals surface area contributed by atoms with E-state index in [0.717, 1.165) is 18.8 Å². The van der Waals surface area contributed by atoms with Crippen LogP contribution in [-0.2, 0) is 5.41 Å². The lowest BCUT2D eigenvalue weighted by atomic mass is 9.71. The van der Waals surface area contributed by atoms with Gasteiger partial charge in [-0.2, -0.15) is 0 Å². The van der Waals surface area contributed by atoms with Crippen molar-refractivity contribution >= 4 is 5.69 Å². The van der Waals surface area contributed by atoms with Gasteiger partial charge in [-0.25, -0.2) is 0 Å². The molecule has 24 heavy (non-hydrogen) atoms. The van der Waals surface area contributed by atoms with E-state index >= 15 is 0 Å². The molecule has 134 valence electrons. The maximum Gasteiger partial charge on any atom is 0.142 e. The Kier molecular flexibility index (Phi) is 4.83. The molecule has 2 fully saturated rings. The highest BCUT2D eigenvalue weighted by molar-refractivity contribution is 5.60. The highest BCUT2D eigenvalue weighted by atomic mass is 16.5. The molecule has 0 bridgehead atoms. The molecule has 0 radical (unpaired) electrons. The quantitative estimate of drug-likeness (QED) is 0.804. The Labute approximate surface area is 148 Å². The lowest BCUT2D eigenvalue weighted by Gasteiger charge is -2.47. The van der Waals surface area contributed by atoms with Gasteiger partial charge in [-0.05, 0) is 74.3 Å². The minimum atomic E-state index is 0.159. The molecule has 2 aliphatic heterocycles. The highest BCUT2D eigenvalue weighted by Crippen LogP contribution is 2.43. The van der Waals surface area contributed by atoms with Crippen LogP contribution in [0.15, 0.2) is 18.2 Å². The highest BCUT2D eigenvalue weighted by Gasteiger charge is 2.37. The van der Waals surface area contributed by atoms with E-state index < -0.39 is 0 Å². The Morgan fingerprint density at radius 2 is 1.54 bits per heavy atom. The molecule has 2 heterocycles. The van der Waals surface area contributed by atoms with Crippen LogP contribution < -0.4 is 9.64 Å². The molecule has 0 saturated carbocycles. The maximum absolute atomic E-state index is 5.74. The molecule has 0 N–H and O–H groups in total. The number of piperidine rings is 2. The van der Waals surface area contributed by atoms with Gasteiger partial charge >= 0.3 is 0 Å². The minimum Gasteiger partial charge on any atom is -0.495 e. The maximum atomic E-state index is 5.74. The average Bonchev–Trinajstić information content (AvgIpc) is 2.57. The number of hydrogen-bond acceptors (Lipinski definition) is 3. The van der Waals surface area contributed by atoms with E-state index in [1.165, 1.54) is 50.0 Å². The second-order valence-electron chi connectivity index (χ2n) is 8.93. The molecular weight excluding hydrogens is 296 g/mol. The summed E-state index contributed by atoms with van der Waals surface area (Å²) in [7, 11) is 4.05. The van der Waals surface area contributed by atoms with E-state index in [1.54, 1.807) is 7.11 Å². The lowest BCUT2D eigenvalue weighted by Crippen LogP contribution is -2.46. The van der Waals surface area contributed by atoms with Crippen LogP contribution in [0, 0.1) is 5.41 Å². The zero-order valence-electron chi connectivity index (χ0n) is 16.2. The molecule has 3 heteroatoms. The van der Waals surface area contributed by atoms with Gasteiger partial charge in [0, 0.05) is 13.1 Å². The Bertz CT molecular complexity index is 558. The monoisotopic (exact) mass is 330 g/mol. The smallest absolute Gasteiger partial charge is 0.142 e. The summed E-state index contributed by atoms with van der Waals surface area (Å²) in [6.45, 7) is 11.6. The lowest BCUT2D eigenvalue weighted by molar-refractivity contribution is 0.0944. The third-order valence-electron chi connectivity index (χ3n) is 6.26. The van der Waals surface area contributed by atoms with Crippen molar-refractivity contribution in [2.75, 3.05) is 45.2 Å². The van der Waals surface area contributed by atoms with Gasteiger partial charge in [0.2, 0.25) is 0 Å². The fourth-order valence-electron chi connectivity index (χ4n) is 4.22. The molecule has 1 aromatic carbocycles. The first-order valence-corrected chi connectivity index (χ1v) is 9.45. The van der Waals surface area contributed by atoms with Crippen LogP contribution >= 0.6 is 0 Å². The summed E-state index contributed by atoms with van der Waals surface area (Å²) < 4.78 is 5.74. The number of benzene rings is 1. The van der Waals surface area contributed by atoms with Crippen LogP contribution in [0.4, 0.5) is 5.69 Å². The molecule has 0 amide bonds. The Morgan fingerprint density at radius 3 is 2.08 bits per heavy atom. The summed E-state index contributed by atoms with van der Waals surface area (Å²) in [5.41, 5.74) is 3.37. The summed E-state index contributed by atoms with van der Waals surface area (Å²) in [6, 6.07) is 6.78. The number of rotatable bonds is 2. The molecule has 2 aliphatic rings. The minimum absolute atomic E-state index is 0.159. The van der Waals surface area contributed by atoms with Crippen LogP contribution in [0.3, 0.4) is 0 Å². The Morgan fingerprint density at radius 1 is 0.958 bits per heavy atom. The largest absolute Gasteiger partial charge is 0.495 e. The second-order valence-corrected chi connectivity index (χ2v) is 8.93. The standard InChI is InChI=1S/C21H34N2O/c1-20(2,3)17-6-7-18(19(16-17)24-5)23-14-10-21(11-15-23)8-12-22(4)13-9-21/h6-7,16H,8-15H2,1-5H3. The number of anilines is 1. The van der Waals surface area contributed by atoms with Crippen molar-refractivity contribution in [1.82, 2.24) is 4.90 Å². The van der Waals surface area contributed by atoms with E-state index in [-0.39, 0.29) is 5.41 Å². The molecule has 3 rings (SSSR count). The van der Waals surface area contributed by atoms with Crippen molar-refractivity contribution in [1.29, 1.82) is 0 Å².